The maximum Gasteiger partial charge on any atom is 0.436 e. The molecule has 0 aliphatic heterocycles. The van der Waals surface area contributed by atoms with Crippen molar-refractivity contribution in [3.63, 3.8) is 0 Å². The van der Waals surface area contributed by atoms with Crippen LogP contribution in [0, 0.1) is 6.92 Å². The van der Waals surface area contributed by atoms with E-state index < -0.39 is 26.9 Å². The van der Waals surface area contributed by atoms with Crippen LogP contribution < -0.4 is 4.72 Å². The molecule has 2 aromatic heterocycles. The van der Waals surface area contributed by atoms with Crippen LogP contribution in [0.4, 0.5) is 13.2 Å². The second kappa shape index (κ2) is 6.80. The molecule has 11 heteroatoms. The van der Waals surface area contributed by atoms with Crippen molar-refractivity contribution in [3.05, 3.63) is 33.9 Å². The standard InChI is InChI=1S/C12H13ClF3N3O2S2/c1-8-10(13)11(12(14,15)16)18-19(8)6-3-5-17-23(20,21)9-4-2-7-22-9/h2,4,7,17H,3,5-6H2,1H3. The van der Waals surface area contributed by atoms with E-state index >= 15 is 0 Å². The Labute approximate surface area is 140 Å². The van der Waals surface area contributed by atoms with Gasteiger partial charge in [0.15, 0.2) is 5.69 Å². The SMILES string of the molecule is Cc1c(Cl)c(C(F)(F)F)nn1CCCNS(=O)(=O)c1cccs1. The summed E-state index contributed by atoms with van der Waals surface area (Å²) in [6, 6.07) is 3.09. The summed E-state index contributed by atoms with van der Waals surface area (Å²) in [5, 5.41) is 4.66. The van der Waals surface area contributed by atoms with E-state index in [0.717, 1.165) is 16.0 Å². The third kappa shape index (κ3) is 4.25. The van der Waals surface area contributed by atoms with Gasteiger partial charge in [0.25, 0.3) is 0 Å². The molecule has 0 bridgehead atoms. The average molecular weight is 388 g/mol. The van der Waals surface area contributed by atoms with E-state index in [1.807, 2.05) is 0 Å². The van der Waals surface area contributed by atoms with Gasteiger partial charge in [-0.1, -0.05) is 17.7 Å². The van der Waals surface area contributed by atoms with Gasteiger partial charge in [0.2, 0.25) is 10.0 Å². The molecule has 0 atom stereocenters. The summed E-state index contributed by atoms with van der Waals surface area (Å²) in [5.41, 5.74) is -0.934. The van der Waals surface area contributed by atoms with Gasteiger partial charge < -0.3 is 0 Å². The van der Waals surface area contributed by atoms with Crippen molar-refractivity contribution in [2.75, 3.05) is 6.54 Å². The van der Waals surface area contributed by atoms with Gasteiger partial charge in [-0.25, -0.2) is 13.1 Å². The van der Waals surface area contributed by atoms with Crippen LogP contribution in [0.3, 0.4) is 0 Å². The fourth-order valence-electron chi connectivity index (χ4n) is 1.85. The van der Waals surface area contributed by atoms with E-state index in [1.165, 1.54) is 13.0 Å². The summed E-state index contributed by atoms with van der Waals surface area (Å²) in [4.78, 5) is 0. The molecule has 128 valence electrons. The van der Waals surface area contributed by atoms with Crippen LogP contribution in [-0.2, 0) is 22.7 Å². The van der Waals surface area contributed by atoms with Gasteiger partial charge in [-0.05, 0) is 24.8 Å². The van der Waals surface area contributed by atoms with Crippen LogP contribution in [0.25, 0.3) is 0 Å². The van der Waals surface area contributed by atoms with Gasteiger partial charge in [0, 0.05) is 13.1 Å². The summed E-state index contributed by atoms with van der Waals surface area (Å²) < 4.78 is 65.5. The summed E-state index contributed by atoms with van der Waals surface area (Å²) in [6.07, 6.45) is -4.34. The minimum Gasteiger partial charge on any atom is -0.268 e. The number of aromatic nitrogens is 2. The molecule has 0 saturated heterocycles. The van der Waals surface area contributed by atoms with Crippen LogP contribution in [0.15, 0.2) is 21.7 Å². The molecule has 0 saturated carbocycles. The van der Waals surface area contributed by atoms with E-state index in [2.05, 4.69) is 9.82 Å². The van der Waals surface area contributed by atoms with Gasteiger partial charge in [0.1, 0.15) is 4.21 Å². The van der Waals surface area contributed by atoms with Crippen LogP contribution in [0.5, 0.6) is 0 Å². The van der Waals surface area contributed by atoms with E-state index in [9.17, 15) is 21.6 Å². The quantitative estimate of drug-likeness (QED) is 0.773. The van der Waals surface area contributed by atoms with Crippen molar-refractivity contribution >= 4 is 33.0 Å². The van der Waals surface area contributed by atoms with Crippen LogP contribution >= 0.6 is 22.9 Å². The van der Waals surface area contributed by atoms with Crippen molar-refractivity contribution in [2.45, 2.75) is 30.3 Å². The Morgan fingerprint density at radius 2 is 2.13 bits per heavy atom. The number of sulfonamides is 1. The maximum atomic E-state index is 12.7. The number of rotatable bonds is 6. The predicted octanol–water partition coefficient (Wildman–Crippen LogP) is 3.29. The van der Waals surface area contributed by atoms with Crippen molar-refractivity contribution in [2.24, 2.45) is 0 Å². The molecule has 2 rings (SSSR count). The molecular weight excluding hydrogens is 375 g/mol. The first kappa shape index (κ1) is 18.2. The number of nitrogens with zero attached hydrogens (tertiary/aromatic N) is 2. The second-order valence-electron chi connectivity index (χ2n) is 4.65. The fourth-order valence-corrected chi connectivity index (χ4v) is 4.20. The lowest BCUT2D eigenvalue weighted by atomic mass is 10.3. The van der Waals surface area contributed by atoms with Gasteiger partial charge in [-0.3, -0.25) is 4.68 Å². The molecule has 0 aromatic carbocycles. The van der Waals surface area contributed by atoms with Crippen molar-refractivity contribution < 1.29 is 21.6 Å². The third-order valence-corrected chi connectivity index (χ3v) is 6.31. The molecule has 0 radical (unpaired) electrons. The van der Waals surface area contributed by atoms with Gasteiger partial charge >= 0.3 is 6.18 Å². The smallest absolute Gasteiger partial charge is 0.268 e. The molecule has 0 unspecified atom stereocenters. The minimum atomic E-state index is -4.62. The summed E-state index contributed by atoms with van der Waals surface area (Å²) in [5.74, 6) is 0. The Morgan fingerprint density at radius 1 is 1.43 bits per heavy atom. The molecule has 5 nitrogen and oxygen atoms in total. The predicted molar refractivity (Wildman–Crippen MR) is 81.1 cm³/mol. The second-order valence-corrected chi connectivity index (χ2v) is 7.97. The van der Waals surface area contributed by atoms with Gasteiger partial charge in [-0.2, -0.15) is 18.3 Å². The molecule has 2 aromatic rings. The number of alkyl halides is 3. The number of aryl methyl sites for hydroxylation is 1. The molecule has 0 aliphatic carbocycles. The minimum absolute atomic E-state index is 0.0818. The Bertz CT molecular complexity index is 770. The van der Waals surface area contributed by atoms with Crippen LogP contribution in [0.2, 0.25) is 5.02 Å². The molecule has 1 N–H and O–H groups in total. The Hall–Kier alpha value is -1.10. The largest absolute Gasteiger partial charge is 0.436 e. The Balaban J connectivity index is 1.95. The highest BCUT2D eigenvalue weighted by Gasteiger charge is 2.38. The van der Waals surface area contributed by atoms with E-state index in [-0.39, 0.29) is 29.4 Å². The molecule has 0 amide bonds. The molecule has 23 heavy (non-hydrogen) atoms. The summed E-state index contributed by atoms with van der Waals surface area (Å²) in [6.45, 7) is 1.63. The summed E-state index contributed by atoms with van der Waals surface area (Å²) >= 11 is 6.72. The molecule has 2 heterocycles. The summed E-state index contributed by atoms with van der Waals surface area (Å²) in [7, 11) is -3.57. The average Bonchev–Trinajstić information content (AvgIpc) is 3.06. The zero-order valence-electron chi connectivity index (χ0n) is 11.9. The fraction of sp³-hybridized carbons (Fsp3) is 0.417. The number of thiophene rings is 1. The number of halogens is 4. The normalized spacial score (nSPS) is 12.7. The van der Waals surface area contributed by atoms with Crippen molar-refractivity contribution in [1.82, 2.24) is 14.5 Å². The van der Waals surface area contributed by atoms with Gasteiger partial charge in [-0.15, -0.1) is 11.3 Å². The van der Waals surface area contributed by atoms with Crippen molar-refractivity contribution in [1.29, 1.82) is 0 Å². The highest BCUT2D eigenvalue weighted by Crippen LogP contribution is 2.35. The topological polar surface area (TPSA) is 64.0 Å². The van der Waals surface area contributed by atoms with Gasteiger partial charge in [0.05, 0.1) is 10.7 Å². The van der Waals surface area contributed by atoms with E-state index in [4.69, 9.17) is 11.6 Å². The van der Waals surface area contributed by atoms with Crippen molar-refractivity contribution in [3.8, 4) is 0 Å². The highest BCUT2D eigenvalue weighted by atomic mass is 35.5. The van der Waals surface area contributed by atoms with E-state index in [1.54, 1.807) is 11.4 Å². The first-order valence-electron chi connectivity index (χ1n) is 6.46. The lowest BCUT2D eigenvalue weighted by Gasteiger charge is -2.06. The first-order valence-corrected chi connectivity index (χ1v) is 9.20. The number of hydrogen-bond donors (Lipinski definition) is 1. The van der Waals surface area contributed by atoms with Crippen LogP contribution in [0.1, 0.15) is 17.8 Å². The highest BCUT2D eigenvalue weighted by molar-refractivity contribution is 7.91. The van der Waals surface area contributed by atoms with Crippen LogP contribution in [-0.4, -0.2) is 24.7 Å². The monoisotopic (exact) mass is 387 g/mol. The zero-order valence-corrected chi connectivity index (χ0v) is 14.3. The number of hydrogen-bond acceptors (Lipinski definition) is 4. The molecule has 0 spiro atoms. The molecule has 0 aliphatic rings. The molecule has 0 fully saturated rings. The Morgan fingerprint density at radius 3 is 2.65 bits per heavy atom. The molecular formula is C12H13ClF3N3O2S2. The maximum absolute atomic E-state index is 12.7. The first-order chi connectivity index (χ1) is 10.6. The Kier molecular flexibility index (Phi) is 5.39. The zero-order chi connectivity index (χ0) is 17.3. The lowest BCUT2D eigenvalue weighted by molar-refractivity contribution is -0.141. The van der Waals surface area contributed by atoms with E-state index in [0.29, 0.717) is 0 Å². The number of nitrogens with one attached hydrogen (secondary N) is 1. The lowest BCUT2D eigenvalue weighted by Crippen LogP contribution is -2.25. The third-order valence-electron chi connectivity index (χ3n) is 3.00.